The average Bonchev–Trinajstić information content (AvgIpc) is 3.06. The SMILES string of the molecule is CC(CO)NC(=O)Cn1nc(-c2ccncc2)cc1Cc1ccc(F)cc1. The van der Waals surface area contributed by atoms with Gasteiger partial charge in [-0.1, -0.05) is 12.1 Å². The average molecular weight is 368 g/mol. The molecular formula is C20H21FN4O2. The molecule has 2 N–H and O–H groups in total. The van der Waals surface area contributed by atoms with Crippen LogP contribution < -0.4 is 5.32 Å². The number of benzene rings is 1. The van der Waals surface area contributed by atoms with Gasteiger partial charge in [-0.25, -0.2) is 4.39 Å². The van der Waals surface area contributed by atoms with E-state index in [-0.39, 0.29) is 30.9 Å². The van der Waals surface area contributed by atoms with Gasteiger partial charge in [0.05, 0.1) is 12.3 Å². The lowest BCUT2D eigenvalue weighted by molar-refractivity contribution is -0.122. The molecule has 0 aliphatic carbocycles. The minimum absolute atomic E-state index is 0.0337. The van der Waals surface area contributed by atoms with E-state index in [0.717, 1.165) is 22.5 Å². The molecule has 0 spiro atoms. The van der Waals surface area contributed by atoms with Gasteiger partial charge >= 0.3 is 0 Å². The maximum atomic E-state index is 13.2. The number of amides is 1. The number of hydrogen-bond acceptors (Lipinski definition) is 4. The van der Waals surface area contributed by atoms with E-state index in [0.29, 0.717) is 6.42 Å². The molecule has 1 unspecified atom stereocenters. The van der Waals surface area contributed by atoms with Crippen LogP contribution in [0.1, 0.15) is 18.2 Å². The van der Waals surface area contributed by atoms with Crippen molar-refractivity contribution < 1.29 is 14.3 Å². The molecule has 140 valence electrons. The third kappa shape index (κ3) is 4.98. The van der Waals surface area contributed by atoms with Gasteiger partial charge in [0.15, 0.2) is 0 Å². The van der Waals surface area contributed by atoms with Gasteiger partial charge in [0.1, 0.15) is 12.4 Å². The number of aliphatic hydroxyl groups excluding tert-OH is 1. The van der Waals surface area contributed by atoms with Crippen LogP contribution in [0.25, 0.3) is 11.3 Å². The number of nitrogens with zero attached hydrogens (tertiary/aromatic N) is 3. The second-order valence-electron chi connectivity index (χ2n) is 6.37. The summed E-state index contributed by atoms with van der Waals surface area (Å²) in [6, 6.07) is 11.5. The lowest BCUT2D eigenvalue weighted by atomic mass is 10.1. The van der Waals surface area contributed by atoms with Gasteiger partial charge in [-0.05, 0) is 42.8 Å². The monoisotopic (exact) mass is 368 g/mol. The third-order valence-electron chi connectivity index (χ3n) is 4.11. The Bertz CT molecular complexity index is 894. The van der Waals surface area contributed by atoms with Crippen molar-refractivity contribution >= 4 is 5.91 Å². The van der Waals surface area contributed by atoms with E-state index in [4.69, 9.17) is 5.11 Å². The zero-order chi connectivity index (χ0) is 19.2. The van der Waals surface area contributed by atoms with Crippen molar-refractivity contribution in [1.82, 2.24) is 20.1 Å². The van der Waals surface area contributed by atoms with Gasteiger partial charge in [0, 0.05) is 36.1 Å². The summed E-state index contributed by atoms with van der Waals surface area (Å²) in [7, 11) is 0. The largest absolute Gasteiger partial charge is 0.394 e. The van der Waals surface area contributed by atoms with Crippen LogP contribution in [-0.2, 0) is 17.8 Å². The van der Waals surface area contributed by atoms with Crippen molar-refractivity contribution in [2.45, 2.75) is 25.9 Å². The molecule has 0 fully saturated rings. The highest BCUT2D eigenvalue weighted by Crippen LogP contribution is 2.20. The molecule has 2 heterocycles. The molecule has 3 rings (SSSR count). The van der Waals surface area contributed by atoms with Crippen LogP contribution in [-0.4, -0.2) is 38.4 Å². The Balaban J connectivity index is 1.87. The second kappa shape index (κ2) is 8.55. The molecule has 0 saturated carbocycles. The van der Waals surface area contributed by atoms with Gasteiger partial charge in [0.2, 0.25) is 5.91 Å². The summed E-state index contributed by atoms with van der Waals surface area (Å²) in [5.41, 5.74) is 3.38. The quantitative estimate of drug-likeness (QED) is 0.670. The number of hydrogen-bond donors (Lipinski definition) is 2. The molecule has 7 heteroatoms. The van der Waals surface area contributed by atoms with E-state index in [1.54, 1.807) is 36.1 Å². The summed E-state index contributed by atoms with van der Waals surface area (Å²) >= 11 is 0. The molecule has 27 heavy (non-hydrogen) atoms. The fourth-order valence-electron chi connectivity index (χ4n) is 2.71. The van der Waals surface area contributed by atoms with Crippen LogP contribution in [0.5, 0.6) is 0 Å². The Hall–Kier alpha value is -3.06. The van der Waals surface area contributed by atoms with Crippen molar-refractivity contribution in [3.63, 3.8) is 0 Å². The maximum Gasteiger partial charge on any atom is 0.242 e. The lowest BCUT2D eigenvalue weighted by Gasteiger charge is -2.12. The molecule has 0 bridgehead atoms. The highest BCUT2D eigenvalue weighted by molar-refractivity contribution is 5.76. The zero-order valence-electron chi connectivity index (χ0n) is 15.0. The Morgan fingerprint density at radius 3 is 2.59 bits per heavy atom. The zero-order valence-corrected chi connectivity index (χ0v) is 15.0. The molecule has 2 aromatic heterocycles. The summed E-state index contributed by atoms with van der Waals surface area (Å²) in [5.74, 6) is -0.525. The summed E-state index contributed by atoms with van der Waals surface area (Å²) in [6.45, 7) is 1.63. The normalized spacial score (nSPS) is 12.0. The van der Waals surface area contributed by atoms with Gasteiger partial charge < -0.3 is 10.4 Å². The predicted octanol–water partition coefficient (Wildman–Crippen LogP) is 2.17. The van der Waals surface area contributed by atoms with Gasteiger partial charge in [0.25, 0.3) is 0 Å². The highest BCUT2D eigenvalue weighted by Gasteiger charge is 2.14. The van der Waals surface area contributed by atoms with E-state index >= 15 is 0 Å². The van der Waals surface area contributed by atoms with Crippen LogP contribution >= 0.6 is 0 Å². The summed E-state index contributed by atoms with van der Waals surface area (Å²) in [4.78, 5) is 16.2. The van der Waals surface area contributed by atoms with Crippen molar-refractivity contribution in [2.75, 3.05) is 6.61 Å². The smallest absolute Gasteiger partial charge is 0.242 e. The van der Waals surface area contributed by atoms with Crippen LogP contribution in [0.2, 0.25) is 0 Å². The van der Waals surface area contributed by atoms with Crippen molar-refractivity contribution in [2.24, 2.45) is 0 Å². The van der Waals surface area contributed by atoms with Crippen LogP contribution in [0.4, 0.5) is 4.39 Å². The number of nitrogens with one attached hydrogen (secondary N) is 1. The van der Waals surface area contributed by atoms with Crippen molar-refractivity contribution in [1.29, 1.82) is 0 Å². The number of aliphatic hydroxyl groups is 1. The molecule has 0 aliphatic rings. The molecule has 1 amide bonds. The number of aromatic nitrogens is 3. The van der Waals surface area contributed by atoms with E-state index in [2.05, 4.69) is 15.4 Å². The predicted molar refractivity (Wildman–Crippen MR) is 99.4 cm³/mol. The van der Waals surface area contributed by atoms with Gasteiger partial charge in [-0.15, -0.1) is 0 Å². The second-order valence-corrected chi connectivity index (χ2v) is 6.37. The number of rotatable bonds is 7. The summed E-state index contributed by atoms with van der Waals surface area (Å²) in [5, 5.41) is 16.4. The topological polar surface area (TPSA) is 80.0 Å². The van der Waals surface area contributed by atoms with Crippen LogP contribution in [0, 0.1) is 5.82 Å². The first-order chi connectivity index (χ1) is 13.0. The molecule has 0 saturated heterocycles. The third-order valence-corrected chi connectivity index (χ3v) is 4.11. The fraction of sp³-hybridized carbons (Fsp3) is 0.250. The molecule has 0 radical (unpaired) electrons. The lowest BCUT2D eigenvalue weighted by Crippen LogP contribution is -2.37. The van der Waals surface area contributed by atoms with Crippen molar-refractivity contribution in [3.8, 4) is 11.3 Å². The van der Waals surface area contributed by atoms with E-state index in [9.17, 15) is 9.18 Å². The summed E-state index contributed by atoms with van der Waals surface area (Å²) in [6.07, 6.45) is 3.88. The van der Waals surface area contributed by atoms with Crippen LogP contribution in [0.15, 0.2) is 54.9 Å². The summed E-state index contributed by atoms with van der Waals surface area (Å²) < 4.78 is 14.8. The first-order valence-electron chi connectivity index (χ1n) is 8.67. The first kappa shape index (κ1) is 18.7. The number of carbonyl (C=O) groups excluding carboxylic acids is 1. The van der Waals surface area contributed by atoms with Crippen LogP contribution in [0.3, 0.4) is 0 Å². The van der Waals surface area contributed by atoms with Crippen molar-refractivity contribution in [3.05, 3.63) is 71.9 Å². The Morgan fingerprint density at radius 2 is 1.93 bits per heavy atom. The number of halogens is 1. The molecule has 1 atom stereocenters. The molecule has 0 aliphatic heterocycles. The number of carbonyl (C=O) groups is 1. The van der Waals surface area contributed by atoms with E-state index < -0.39 is 0 Å². The van der Waals surface area contributed by atoms with E-state index in [1.807, 2.05) is 18.2 Å². The number of pyridine rings is 1. The Morgan fingerprint density at radius 1 is 1.22 bits per heavy atom. The van der Waals surface area contributed by atoms with Gasteiger partial charge in [-0.2, -0.15) is 5.10 Å². The molecular weight excluding hydrogens is 347 g/mol. The Labute approximate surface area is 156 Å². The molecule has 1 aromatic carbocycles. The Kier molecular flexibility index (Phi) is 5.93. The minimum atomic E-state index is -0.326. The minimum Gasteiger partial charge on any atom is -0.394 e. The first-order valence-corrected chi connectivity index (χ1v) is 8.67. The molecule has 3 aromatic rings. The highest BCUT2D eigenvalue weighted by atomic mass is 19.1. The van der Waals surface area contributed by atoms with Gasteiger partial charge in [-0.3, -0.25) is 14.5 Å². The maximum absolute atomic E-state index is 13.2. The molecule has 6 nitrogen and oxygen atoms in total. The standard InChI is InChI=1S/C20H21FN4O2/c1-14(13-26)23-20(27)12-25-18(10-15-2-4-17(21)5-3-15)11-19(24-25)16-6-8-22-9-7-16/h2-9,11,14,26H,10,12-13H2,1H3,(H,23,27). The fourth-order valence-corrected chi connectivity index (χ4v) is 2.71. The van der Waals surface area contributed by atoms with E-state index in [1.165, 1.54) is 12.1 Å².